The quantitative estimate of drug-likeness (QED) is 0.444. The Hall–Kier alpha value is -4.07. The van der Waals surface area contributed by atoms with Crippen LogP contribution in [-0.4, -0.2) is 48.0 Å². The van der Waals surface area contributed by atoms with Crippen molar-refractivity contribution in [2.45, 2.75) is 32.8 Å². The fraction of sp³-hybridized carbons (Fsp3) is 0.321. The van der Waals surface area contributed by atoms with E-state index in [4.69, 9.17) is 14.2 Å². The second kappa shape index (κ2) is 12.6. The zero-order valence-electron chi connectivity index (χ0n) is 20.4. The largest absolute Gasteiger partial charge is 0.490 e. The molecule has 3 aromatic rings. The average Bonchev–Trinajstić information content (AvgIpc) is 2.92. The number of hydrogen-bond donors (Lipinski definition) is 1. The smallest absolute Gasteiger partial charge is 0.260 e. The van der Waals surface area contributed by atoms with Crippen molar-refractivity contribution >= 4 is 17.5 Å². The van der Waals surface area contributed by atoms with Gasteiger partial charge in [-0.05, 0) is 68.7 Å². The maximum absolute atomic E-state index is 12.9. The fourth-order valence-electron chi connectivity index (χ4n) is 3.92. The van der Waals surface area contributed by atoms with Crippen LogP contribution in [0.15, 0.2) is 66.9 Å². The number of pyridine rings is 1. The summed E-state index contributed by atoms with van der Waals surface area (Å²) in [5.41, 5.74) is 1.83. The zero-order chi connectivity index (χ0) is 25.2. The van der Waals surface area contributed by atoms with Crippen LogP contribution in [-0.2, 0) is 11.4 Å². The highest BCUT2D eigenvalue weighted by atomic mass is 16.5. The first-order valence-corrected chi connectivity index (χ1v) is 12.2. The molecule has 0 saturated carbocycles. The van der Waals surface area contributed by atoms with Gasteiger partial charge in [-0.1, -0.05) is 12.1 Å². The molecule has 4 rings (SSSR count). The van der Waals surface area contributed by atoms with Crippen LogP contribution in [0.4, 0.5) is 5.69 Å². The Labute approximate surface area is 211 Å². The third kappa shape index (κ3) is 6.97. The van der Waals surface area contributed by atoms with Gasteiger partial charge in [0, 0.05) is 36.6 Å². The second-order valence-electron chi connectivity index (χ2n) is 8.42. The Bertz CT molecular complexity index is 1160. The van der Waals surface area contributed by atoms with E-state index >= 15 is 0 Å². The molecule has 2 aromatic carbocycles. The zero-order valence-corrected chi connectivity index (χ0v) is 20.4. The summed E-state index contributed by atoms with van der Waals surface area (Å²) in [5.74, 6) is 1.14. The fourth-order valence-corrected chi connectivity index (χ4v) is 3.92. The van der Waals surface area contributed by atoms with Gasteiger partial charge in [0.2, 0.25) is 0 Å². The highest BCUT2D eigenvalue weighted by molar-refractivity contribution is 6.04. The third-order valence-electron chi connectivity index (χ3n) is 5.77. The van der Waals surface area contributed by atoms with Crippen molar-refractivity contribution < 1.29 is 23.8 Å². The van der Waals surface area contributed by atoms with E-state index in [-0.39, 0.29) is 18.4 Å². The highest BCUT2D eigenvalue weighted by Crippen LogP contribution is 2.29. The van der Waals surface area contributed by atoms with Crippen molar-refractivity contribution in [1.29, 1.82) is 0 Å². The molecule has 2 amide bonds. The van der Waals surface area contributed by atoms with Crippen LogP contribution < -0.4 is 19.5 Å². The maximum atomic E-state index is 12.9. The molecule has 36 heavy (non-hydrogen) atoms. The van der Waals surface area contributed by atoms with Gasteiger partial charge in [0.05, 0.1) is 12.3 Å². The van der Waals surface area contributed by atoms with Crippen LogP contribution >= 0.6 is 0 Å². The normalized spacial score (nSPS) is 13.1. The highest BCUT2D eigenvalue weighted by Gasteiger charge is 2.18. The van der Waals surface area contributed by atoms with Crippen LogP contribution in [0.3, 0.4) is 0 Å². The summed E-state index contributed by atoms with van der Waals surface area (Å²) >= 11 is 0. The van der Waals surface area contributed by atoms with Crippen molar-refractivity contribution in [2.75, 3.05) is 31.6 Å². The number of aromatic nitrogens is 1. The minimum atomic E-state index is -0.297. The molecule has 188 valence electrons. The monoisotopic (exact) mass is 489 g/mol. The van der Waals surface area contributed by atoms with Gasteiger partial charge in [-0.25, -0.2) is 0 Å². The molecule has 0 radical (unpaired) electrons. The summed E-state index contributed by atoms with van der Waals surface area (Å²) in [7, 11) is 0. The molecule has 1 N–H and O–H groups in total. The van der Waals surface area contributed by atoms with E-state index < -0.39 is 0 Å². The molecule has 1 saturated heterocycles. The third-order valence-corrected chi connectivity index (χ3v) is 5.77. The molecule has 0 spiro atoms. The molecule has 8 nitrogen and oxygen atoms in total. The van der Waals surface area contributed by atoms with Crippen molar-refractivity contribution in [3.05, 3.63) is 78.1 Å². The summed E-state index contributed by atoms with van der Waals surface area (Å²) in [4.78, 5) is 31.5. The van der Waals surface area contributed by atoms with Crippen molar-refractivity contribution in [3.63, 3.8) is 0 Å². The first-order valence-electron chi connectivity index (χ1n) is 12.2. The molecule has 0 aliphatic carbocycles. The molecule has 8 heteroatoms. The Balaban J connectivity index is 1.37. The predicted octanol–water partition coefficient (Wildman–Crippen LogP) is 4.70. The van der Waals surface area contributed by atoms with E-state index in [0.717, 1.165) is 38.0 Å². The van der Waals surface area contributed by atoms with Gasteiger partial charge in [0.1, 0.15) is 12.4 Å². The van der Waals surface area contributed by atoms with Crippen LogP contribution in [0.5, 0.6) is 17.2 Å². The lowest BCUT2D eigenvalue weighted by Crippen LogP contribution is -2.38. The van der Waals surface area contributed by atoms with Gasteiger partial charge in [-0.3, -0.25) is 14.6 Å². The minimum Gasteiger partial charge on any atom is -0.490 e. The Morgan fingerprint density at radius 2 is 1.78 bits per heavy atom. The number of ether oxygens (including phenoxy) is 3. The molecule has 2 heterocycles. The van der Waals surface area contributed by atoms with Gasteiger partial charge in [-0.15, -0.1) is 0 Å². The summed E-state index contributed by atoms with van der Waals surface area (Å²) in [6.07, 6.45) is 4.93. The van der Waals surface area contributed by atoms with E-state index in [1.165, 1.54) is 0 Å². The SMILES string of the molecule is CCOc1cc(C(=O)Nc2cccc(OCc3ccccn3)c2)ccc1OCC(=O)N1CCCCC1. The summed E-state index contributed by atoms with van der Waals surface area (Å²) in [6, 6.07) is 17.8. The Kier molecular flexibility index (Phi) is 8.75. The molecule has 1 aliphatic heterocycles. The van der Waals surface area contributed by atoms with E-state index in [2.05, 4.69) is 10.3 Å². The lowest BCUT2D eigenvalue weighted by Gasteiger charge is -2.26. The lowest BCUT2D eigenvalue weighted by molar-refractivity contribution is -0.134. The molecule has 0 bridgehead atoms. The molecule has 1 aromatic heterocycles. The molecule has 1 fully saturated rings. The van der Waals surface area contributed by atoms with Crippen LogP contribution in [0.2, 0.25) is 0 Å². The van der Waals surface area contributed by atoms with E-state index in [0.29, 0.717) is 41.7 Å². The van der Waals surface area contributed by atoms with Gasteiger partial charge in [0.25, 0.3) is 11.8 Å². The molecular formula is C28H31N3O5. The number of anilines is 1. The standard InChI is InChI=1S/C28H31N3O5/c1-2-34-26-17-21(12-13-25(26)36-20-27(32)31-15-6-3-7-16-31)28(33)30-22-10-8-11-24(18-22)35-19-23-9-4-5-14-29-23/h4-5,8-14,17-18H,2-3,6-7,15-16,19-20H2,1H3,(H,30,33). The second-order valence-corrected chi connectivity index (χ2v) is 8.42. The van der Waals surface area contributed by atoms with Crippen molar-refractivity contribution in [3.8, 4) is 17.2 Å². The summed E-state index contributed by atoms with van der Waals surface area (Å²) in [5, 5.41) is 2.89. The van der Waals surface area contributed by atoms with Gasteiger partial charge >= 0.3 is 0 Å². The first kappa shape index (κ1) is 25.0. The number of amides is 2. The molecule has 0 unspecified atom stereocenters. The average molecular weight is 490 g/mol. The van der Waals surface area contributed by atoms with Crippen molar-refractivity contribution in [1.82, 2.24) is 9.88 Å². The minimum absolute atomic E-state index is 0.0379. The lowest BCUT2D eigenvalue weighted by atomic mass is 10.1. The predicted molar refractivity (Wildman–Crippen MR) is 137 cm³/mol. The van der Waals surface area contributed by atoms with Crippen LogP contribution in [0.25, 0.3) is 0 Å². The number of carbonyl (C=O) groups is 2. The molecule has 0 atom stereocenters. The maximum Gasteiger partial charge on any atom is 0.260 e. The number of carbonyl (C=O) groups excluding carboxylic acids is 2. The number of rotatable bonds is 10. The van der Waals surface area contributed by atoms with Gasteiger partial charge in [-0.2, -0.15) is 0 Å². The van der Waals surface area contributed by atoms with Crippen molar-refractivity contribution in [2.24, 2.45) is 0 Å². The number of benzene rings is 2. The topological polar surface area (TPSA) is 90.0 Å². The number of hydrogen-bond acceptors (Lipinski definition) is 6. The van der Waals surface area contributed by atoms with Crippen LogP contribution in [0, 0.1) is 0 Å². The van der Waals surface area contributed by atoms with Gasteiger partial charge < -0.3 is 24.4 Å². The molecular weight excluding hydrogens is 458 g/mol. The summed E-state index contributed by atoms with van der Waals surface area (Å²) in [6.45, 7) is 4.07. The van der Waals surface area contributed by atoms with E-state index in [1.54, 1.807) is 36.5 Å². The van der Waals surface area contributed by atoms with Gasteiger partial charge in [0.15, 0.2) is 18.1 Å². The number of piperidine rings is 1. The Morgan fingerprint density at radius 1 is 0.917 bits per heavy atom. The van der Waals surface area contributed by atoms with E-state index in [9.17, 15) is 9.59 Å². The van der Waals surface area contributed by atoms with E-state index in [1.807, 2.05) is 42.2 Å². The van der Waals surface area contributed by atoms with Crippen LogP contribution in [0.1, 0.15) is 42.2 Å². The molecule has 1 aliphatic rings. The number of likely N-dealkylation sites (tertiary alicyclic amines) is 1. The number of nitrogens with one attached hydrogen (secondary N) is 1. The summed E-state index contributed by atoms with van der Waals surface area (Å²) < 4.78 is 17.3. The first-order chi connectivity index (χ1) is 17.6. The number of nitrogens with zero attached hydrogens (tertiary/aromatic N) is 2. The Morgan fingerprint density at radius 3 is 2.56 bits per heavy atom.